The van der Waals surface area contributed by atoms with Crippen molar-refractivity contribution in [3.05, 3.63) is 96.2 Å². The third-order valence-corrected chi connectivity index (χ3v) is 6.17. The first-order valence-corrected chi connectivity index (χ1v) is 11.4. The van der Waals surface area contributed by atoms with Crippen LogP contribution in [0.5, 0.6) is 0 Å². The minimum Gasteiger partial charge on any atom is -0.368 e. The Hall–Kier alpha value is -4.24. The molecule has 0 radical (unpaired) electrons. The van der Waals surface area contributed by atoms with E-state index in [0.29, 0.717) is 29.3 Å². The molecule has 1 unspecified atom stereocenters. The molecule has 1 atom stereocenters. The second-order valence-corrected chi connectivity index (χ2v) is 8.55. The van der Waals surface area contributed by atoms with E-state index in [4.69, 9.17) is 5.73 Å². The van der Waals surface area contributed by atoms with E-state index in [2.05, 4.69) is 15.3 Å². The standard InChI is InChI=1S/C26H25FN6O2/c27-19-8-10-21(11-9-19)33-26(31-12-1-2-13-31)22(16-29-33)25(35)30-20-6-3-5-18(15-20)17-32-14-4-7-23(32)24(28)34/h1-3,5-6,8-13,15-16,23H,4,7,14,17H2,(H2,28,34)(H,30,35). The summed E-state index contributed by atoms with van der Waals surface area (Å²) >= 11 is 0. The van der Waals surface area contributed by atoms with Gasteiger partial charge in [-0.15, -0.1) is 0 Å². The average molecular weight is 473 g/mol. The van der Waals surface area contributed by atoms with Gasteiger partial charge in [0.05, 0.1) is 17.9 Å². The molecule has 0 bridgehead atoms. The zero-order chi connectivity index (χ0) is 24.4. The summed E-state index contributed by atoms with van der Waals surface area (Å²) in [6.07, 6.45) is 6.84. The first kappa shape index (κ1) is 22.5. The van der Waals surface area contributed by atoms with Crippen LogP contribution in [0.3, 0.4) is 0 Å². The molecule has 0 saturated carbocycles. The van der Waals surface area contributed by atoms with Crippen LogP contribution < -0.4 is 11.1 Å². The molecule has 3 heterocycles. The molecule has 8 nitrogen and oxygen atoms in total. The van der Waals surface area contributed by atoms with Crippen LogP contribution >= 0.6 is 0 Å². The lowest BCUT2D eigenvalue weighted by Crippen LogP contribution is -2.39. The Balaban J connectivity index is 1.40. The summed E-state index contributed by atoms with van der Waals surface area (Å²) in [6.45, 7) is 1.39. The number of nitrogens with one attached hydrogen (secondary N) is 1. The van der Waals surface area contributed by atoms with E-state index in [1.807, 2.05) is 48.8 Å². The van der Waals surface area contributed by atoms with Gasteiger partial charge in [0.15, 0.2) is 5.82 Å². The Bertz CT molecular complexity index is 1350. The Labute approximate surface area is 201 Å². The van der Waals surface area contributed by atoms with E-state index >= 15 is 0 Å². The maximum Gasteiger partial charge on any atom is 0.261 e. The lowest BCUT2D eigenvalue weighted by atomic mass is 10.1. The molecule has 1 aliphatic heterocycles. The van der Waals surface area contributed by atoms with Crippen LogP contribution in [0.4, 0.5) is 10.1 Å². The Morgan fingerprint density at radius 3 is 2.60 bits per heavy atom. The van der Waals surface area contributed by atoms with E-state index in [1.165, 1.54) is 18.3 Å². The van der Waals surface area contributed by atoms with Crippen LogP contribution in [-0.2, 0) is 11.3 Å². The highest BCUT2D eigenvalue weighted by Gasteiger charge is 2.28. The first-order valence-electron chi connectivity index (χ1n) is 11.4. The van der Waals surface area contributed by atoms with Crippen molar-refractivity contribution in [2.75, 3.05) is 11.9 Å². The third kappa shape index (κ3) is 4.71. The number of likely N-dealkylation sites (tertiary alicyclic amines) is 1. The first-order chi connectivity index (χ1) is 17.0. The van der Waals surface area contributed by atoms with Crippen molar-refractivity contribution in [3.8, 4) is 11.5 Å². The summed E-state index contributed by atoms with van der Waals surface area (Å²) in [5.41, 5.74) is 8.15. The molecule has 3 N–H and O–H groups in total. The number of amides is 2. The summed E-state index contributed by atoms with van der Waals surface area (Å²) in [4.78, 5) is 27.1. The molecule has 2 aromatic heterocycles. The molecule has 1 fully saturated rings. The summed E-state index contributed by atoms with van der Waals surface area (Å²) in [5, 5.41) is 7.37. The molecule has 1 saturated heterocycles. The highest BCUT2D eigenvalue weighted by molar-refractivity contribution is 6.06. The van der Waals surface area contributed by atoms with Gasteiger partial charge in [-0.2, -0.15) is 5.10 Å². The Morgan fingerprint density at radius 1 is 1.09 bits per heavy atom. The Morgan fingerprint density at radius 2 is 1.86 bits per heavy atom. The van der Waals surface area contributed by atoms with Crippen molar-refractivity contribution in [1.82, 2.24) is 19.2 Å². The lowest BCUT2D eigenvalue weighted by molar-refractivity contribution is -0.122. The van der Waals surface area contributed by atoms with Crippen molar-refractivity contribution in [3.63, 3.8) is 0 Å². The normalized spacial score (nSPS) is 15.9. The smallest absolute Gasteiger partial charge is 0.261 e. The van der Waals surface area contributed by atoms with Crippen molar-refractivity contribution < 1.29 is 14.0 Å². The maximum atomic E-state index is 13.4. The molecular weight excluding hydrogens is 447 g/mol. The van der Waals surface area contributed by atoms with Crippen LogP contribution in [0.2, 0.25) is 0 Å². The van der Waals surface area contributed by atoms with Gasteiger partial charge in [-0.1, -0.05) is 12.1 Å². The molecular formula is C26H25FN6O2. The summed E-state index contributed by atoms with van der Waals surface area (Å²) < 4.78 is 16.8. The number of carbonyl (C=O) groups excluding carboxylic acids is 2. The number of nitrogens with zero attached hydrogens (tertiary/aromatic N) is 4. The predicted molar refractivity (Wildman–Crippen MR) is 130 cm³/mol. The molecule has 5 rings (SSSR count). The van der Waals surface area contributed by atoms with Gasteiger partial charge in [0.2, 0.25) is 5.91 Å². The van der Waals surface area contributed by atoms with Crippen LogP contribution in [0.1, 0.15) is 28.8 Å². The fourth-order valence-electron chi connectivity index (χ4n) is 4.52. The minimum absolute atomic E-state index is 0.255. The molecule has 1 aliphatic rings. The van der Waals surface area contributed by atoms with E-state index in [1.54, 1.807) is 21.4 Å². The highest BCUT2D eigenvalue weighted by Crippen LogP contribution is 2.24. The average Bonchev–Trinajstić information content (AvgIpc) is 3.60. The highest BCUT2D eigenvalue weighted by atomic mass is 19.1. The van der Waals surface area contributed by atoms with Crippen LogP contribution in [0.15, 0.2) is 79.3 Å². The Kier molecular flexibility index (Phi) is 6.15. The number of primary amides is 1. The molecule has 0 spiro atoms. The number of rotatable bonds is 7. The van der Waals surface area contributed by atoms with Crippen LogP contribution in [0.25, 0.3) is 11.5 Å². The van der Waals surface area contributed by atoms with E-state index < -0.39 is 0 Å². The van der Waals surface area contributed by atoms with E-state index in [-0.39, 0.29) is 23.7 Å². The number of aromatic nitrogens is 3. The van der Waals surface area contributed by atoms with Gasteiger partial charge in [0.25, 0.3) is 5.91 Å². The number of nitrogens with two attached hydrogens (primary N) is 1. The van der Waals surface area contributed by atoms with Crippen molar-refractivity contribution in [1.29, 1.82) is 0 Å². The monoisotopic (exact) mass is 472 g/mol. The second-order valence-electron chi connectivity index (χ2n) is 8.55. The third-order valence-electron chi connectivity index (χ3n) is 6.17. The van der Waals surface area contributed by atoms with Gasteiger partial charge >= 0.3 is 0 Å². The molecule has 35 heavy (non-hydrogen) atoms. The van der Waals surface area contributed by atoms with Gasteiger partial charge < -0.3 is 15.6 Å². The van der Waals surface area contributed by atoms with Gasteiger partial charge in [0.1, 0.15) is 11.4 Å². The topological polar surface area (TPSA) is 98.2 Å². The molecule has 2 aromatic carbocycles. The molecule has 9 heteroatoms. The summed E-state index contributed by atoms with van der Waals surface area (Å²) in [6, 6.07) is 16.9. The predicted octanol–water partition coefficient (Wildman–Crippen LogP) is 3.50. The lowest BCUT2D eigenvalue weighted by Gasteiger charge is -2.22. The fourth-order valence-corrected chi connectivity index (χ4v) is 4.52. The van der Waals surface area contributed by atoms with E-state index in [0.717, 1.165) is 24.9 Å². The van der Waals surface area contributed by atoms with Crippen molar-refractivity contribution in [2.45, 2.75) is 25.4 Å². The molecule has 0 aliphatic carbocycles. The number of halogens is 1. The van der Waals surface area contributed by atoms with Gasteiger partial charge in [-0.05, 0) is 73.5 Å². The zero-order valence-corrected chi connectivity index (χ0v) is 19.0. The zero-order valence-electron chi connectivity index (χ0n) is 19.0. The quantitative estimate of drug-likeness (QED) is 0.430. The van der Waals surface area contributed by atoms with Crippen molar-refractivity contribution >= 4 is 17.5 Å². The second kappa shape index (κ2) is 9.55. The number of hydrogen-bond acceptors (Lipinski definition) is 4. The summed E-state index contributed by atoms with van der Waals surface area (Å²) in [7, 11) is 0. The largest absolute Gasteiger partial charge is 0.368 e. The molecule has 4 aromatic rings. The number of benzene rings is 2. The van der Waals surface area contributed by atoms with Crippen LogP contribution in [0, 0.1) is 5.82 Å². The molecule has 178 valence electrons. The fraction of sp³-hybridized carbons (Fsp3) is 0.192. The van der Waals surface area contributed by atoms with Gasteiger partial charge in [-0.25, -0.2) is 9.07 Å². The number of hydrogen-bond donors (Lipinski definition) is 2. The number of carbonyl (C=O) groups is 2. The molecule has 2 amide bonds. The minimum atomic E-state index is -0.350. The van der Waals surface area contributed by atoms with E-state index in [9.17, 15) is 14.0 Å². The SMILES string of the molecule is NC(=O)C1CCCN1Cc1cccc(NC(=O)c2cnn(-c3ccc(F)cc3)c2-n2cccc2)c1. The summed E-state index contributed by atoms with van der Waals surface area (Å²) in [5.74, 6) is -0.438. The van der Waals surface area contributed by atoms with Crippen molar-refractivity contribution in [2.24, 2.45) is 5.73 Å². The number of anilines is 1. The van der Waals surface area contributed by atoms with Gasteiger partial charge in [-0.3, -0.25) is 14.5 Å². The van der Waals surface area contributed by atoms with Crippen LogP contribution in [-0.4, -0.2) is 43.6 Å². The van der Waals surface area contributed by atoms with Gasteiger partial charge in [0, 0.05) is 24.6 Å². The maximum absolute atomic E-state index is 13.4.